The summed E-state index contributed by atoms with van der Waals surface area (Å²) in [4.78, 5) is 14.3. The normalized spacial score (nSPS) is 17.2. The van der Waals surface area contributed by atoms with Gasteiger partial charge in [0.05, 0.1) is 12.7 Å². The number of morpholine rings is 1. The molecule has 1 unspecified atom stereocenters. The lowest BCUT2D eigenvalue weighted by molar-refractivity contribution is -0.118. The third-order valence-corrected chi connectivity index (χ3v) is 4.19. The molecule has 0 aromatic heterocycles. The minimum absolute atomic E-state index is 0.0512. The van der Waals surface area contributed by atoms with Gasteiger partial charge in [0.25, 0.3) is 5.91 Å². The van der Waals surface area contributed by atoms with Gasteiger partial charge < -0.3 is 19.7 Å². The Hall–Kier alpha value is -2.24. The summed E-state index contributed by atoms with van der Waals surface area (Å²) in [6, 6.07) is 14.7. The summed E-state index contributed by atoms with van der Waals surface area (Å²) in [5.41, 5.74) is 1.88. The van der Waals surface area contributed by atoms with Crippen molar-refractivity contribution in [1.82, 2.24) is 0 Å². The number of nitrogens with one attached hydrogen (secondary N) is 1. The van der Waals surface area contributed by atoms with Crippen molar-refractivity contribution in [2.75, 3.05) is 36.5 Å². The van der Waals surface area contributed by atoms with Gasteiger partial charge in [-0.05, 0) is 55.5 Å². The fourth-order valence-electron chi connectivity index (χ4n) is 2.69. The van der Waals surface area contributed by atoms with Crippen LogP contribution in [-0.4, -0.2) is 38.3 Å². The molecule has 1 fully saturated rings. The summed E-state index contributed by atoms with van der Waals surface area (Å²) < 4.78 is 11.0. The lowest BCUT2D eigenvalue weighted by atomic mass is 10.2. The molecular weight excluding hydrogens is 340 g/mol. The van der Waals surface area contributed by atoms with Crippen molar-refractivity contribution in [2.45, 2.75) is 13.0 Å². The number of halogens is 1. The summed E-state index contributed by atoms with van der Waals surface area (Å²) in [6.45, 7) is 4.51. The number of carbonyl (C=O) groups excluding carboxylic acids is 1. The Morgan fingerprint density at radius 3 is 2.64 bits per heavy atom. The predicted octanol–water partition coefficient (Wildman–Crippen LogP) is 3.58. The third-order valence-electron chi connectivity index (χ3n) is 3.94. The molecule has 0 bridgehead atoms. The van der Waals surface area contributed by atoms with Crippen LogP contribution in [0.25, 0.3) is 0 Å². The van der Waals surface area contributed by atoms with E-state index in [4.69, 9.17) is 21.1 Å². The van der Waals surface area contributed by atoms with Crippen molar-refractivity contribution in [2.24, 2.45) is 0 Å². The summed E-state index contributed by atoms with van der Waals surface area (Å²) in [6.07, 6.45) is 0.234. The number of carbonyl (C=O) groups is 1. The van der Waals surface area contributed by atoms with Crippen LogP contribution in [0.15, 0.2) is 48.5 Å². The third kappa shape index (κ3) is 5.11. The van der Waals surface area contributed by atoms with Crippen LogP contribution >= 0.6 is 11.6 Å². The molecular formula is C19H21ClN2O3. The maximum atomic E-state index is 12.0. The molecule has 0 aliphatic carbocycles. The molecule has 1 heterocycles. The Balaban J connectivity index is 1.50. The van der Waals surface area contributed by atoms with E-state index < -0.39 is 0 Å². The molecule has 0 radical (unpaired) electrons. The standard InChI is InChI=1S/C19H21ClN2O3/c1-14-12-22(10-11-24-14)17-6-4-16(5-7-17)21-19(23)13-25-18-8-2-15(20)3-9-18/h2-9,14H,10-13H2,1H3,(H,21,23). The van der Waals surface area contributed by atoms with E-state index in [1.807, 2.05) is 24.3 Å². The number of rotatable bonds is 5. The predicted molar refractivity (Wildman–Crippen MR) is 99.6 cm³/mol. The quantitative estimate of drug-likeness (QED) is 0.885. The molecule has 25 heavy (non-hydrogen) atoms. The minimum Gasteiger partial charge on any atom is -0.484 e. The Labute approximate surface area is 152 Å². The zero-order valence-electron chi connectivity index (χ0n) is 14.1. The monoisotopic (exact) mass is 360 g/mol. The average molecular weight is 361 g/mol. The van der Waals surface area contributed by atoms with Gasteiger partial charge in [-0.25, -0.2) is 0 Å². The van der Waals surface area contributed by atoms with Crippen molar-refractivity contribution in [1.29, 1.82) is 0 Å². The van der Waals surface area contributed by atoms with Crippen molar-refractivity contribution < 1.29 is 14.3 Å². The first-order valence-electron chi connectivity index (χ1n) is 8.25. The number of ether oxygens (including phenoxy) is 2. The smallest absolute Gasteiger partial charge is 0.262 e. The topological polar surface area (TPSA) is 50.8 Å². The minimum atomic E-state index is -0.206. The number of anilines is 2. The van der Waals surface area contributed by atoms with Crippen molar-refractivity contribution in [3.05, 3.63) is 53.6 Å². The van der Waals surface area contributed by atoms with Gasteiger partial charge in [-0.15, -0.1) is 0 Å². The maximum absolute atomic E-state index is 12.0. The summed E-state index contributed by atoms with van der Waals surface area (Å²) in [7, 11) is 0. The Morgan fingerprint density at radius 2 is 1.96 bits per heavy atom. The van der Waals surface area contributed by atoms with E-state index in [2.05, 4.69) is 17.1 Å². The van der Waals surface area contributed by atoms with Crippen molar-refractivity contribution in [3.63, 3.8) is 0 Å². The van der Waals surface area contributed by atoms with Gasteiger partial charge in [0.15, 0.2) is 6.61 Å². The van der Waals surface area contributed by atoms with E-state index in [1.165, 1.54) is 0 Å². The van der Waals surface area contributed by atoms with Gasteiger partial charge in [0, 0.05) is 29.5 Å². The van der Waals surface area contributed by atoms with Crippen LogP contribution in [-0.2, 0) is 9.53 Å². The van der Waals surface area contributed by atoms with Gasteiger partial charge >= 0.3 is 0 Å². The summed E-state index contributed by atoms with van der Waals surface area (Å²) in [5, 5.41) is 3.46. The SMILES string of the molecule is CC1CN(c2ccc(NC(=O)COc3ccc(Cl)cc3)cc2)CCO1. The number of hydrogen-bond donors (Lipinski definition) is 1. The second kappa shape index (κ2) is 8.23. The maximum Gasteiger partial charge on any atom is 0.262 e. The van der Waals surface area contributed by atoms with Crippen LogP contribution in [0.4, 0.5) is 11.4 Å². The lowest BCUT2D eigenvalue weighted by Crippen LogP contribution is -2.41. The molecule has 1 N–H and O–H groups in total. The van der Waals surface area contributed by atoms with Gasteiger partial charge in [0.1, 0.15) is 5.75 Å². The number of nitrogens with zero attached hydrogens (tertiary/aromatic N) is 1. The van der Waals surface area contributed by atoms with Crippen LogP contribution in [0, 0.1) is 0 Å². The molecule has 2 aromatic carbocycles. The molecule has 132 valence electrons. The zero-order valence-corrected chi connectivity index (χ0v) is 14.8. The number of amides is 1. The van der Waals surface area contributed by atoms with E-state index in [1.54, 1.807) is 24.3 Å². The second-order valence-corrected chi connectivity index (χ2v) is 6.40. The first kappa shape index (κ1) is 17.6. The second-order valence-electron chi connectivity index (χ2n) is 5.97. The highest BCUT2D eigenvalue weighted by Crippen LogP contribution is 2.20. The number of hydrogen-bond acceptors (Lipinski definition) is 4. The lowest BCUT2D eigenvalue weighted by Gasteiger charge is -2.33. The fourth-order valence-corrected chi connectivity index (χ4v) is 2.81. The first-order valence-corrected chi connectivity index (χ1v) is 8.63. The van der Waals surface area contributed by atoms with Gasteiger partial charge in [-0.2, -0.15) is 0 Å². The van der Waals surface area contributed by atoms with E-state index in [0.29, 0.717) is 10.8 Å². The van der Waals surface area contributed by atoms with Crippen LogP contribution in [0.3, 0.4) is 0 Å². The van der Waals surface area contributed by atoms with Crippen molar-refractivity contribution in [3.8, 4) is 5.75 Å². The Kier molecular flexibility index (Phi) is 5.79. The largest absolute Gasteiger partial charge is 0.484 e. The highest BCUT2D eigenvalue weighted by molar-refractivity contribution is 6.30. The van der Waals surface area contributed by atoms with Gasteiger partial charge in [-0.3, -0.25) is 4.79 Å². The molecule has 0 saturated carbocycles. The van der Waals surface area contributed by atoms with Crippen LogP contribution in [0.2, 0.25) is 5.02 Å². The zero-order chi connectivity index (χ0) is 17.6. The molecule has 3 rings (SSSR count). The van der Waals surface area contributed by atoms with E-state index in [0.717, 1.165) is 31.1 Å². The van der Waals surface area contributed by atoms with Crippen LogP contribution < -0.4 is 15.0 Å². The molecule has 1 aliphatic heterocycles. The molecule has 1 amide bonds. The summed E-state index contributed by atoms with van der Waals surface area (Å²) in [5.74, 6) is 0.402. The average Bonchev–Trinajstić information content (AvgIpc) is 2.62. The molecule has 0 spiro atoms. The number of benzene rings is 2. The summed E-state index contributed by atoms with van der Waals surface area (Å²) >= 11 is 5.81. The molecule has 1 atom stereocenters. The van der Waals surface area contributed by atoms with Crippen LogP contribution in [0.5, 0.6) is 5.75 Å². The van der Waals surface area contributed by atoms with E-state index in [-0.39, 0.29) is 18.6 Å². The Morgan fingerprint density at radius 1 is 1.24 bits per heavy atom. The van der Waals surface area contributed by atoms with Gasteiger partial charge in [-0.1, -0.05) is 11.6 Å². The Bertz CT molecular complexity index is 704. The molecule has 5 nitrogen and oxygen atoms in total. The molecule has 6 heteroatoms. The highest BCUT2D eigenvalue weighted by atomic mass is 35.5. The fraction of sp³-hybridized carbons (Fsp3) is 0.316. The van der Waals surface area contributed by atoms with E-state index in [9.17, 15) is 4.79 Å². The van der Waals surface area contributed by atoms with E-state index >= 15 is 0 Å². The highest BCUT2D eigenvalue weighted by Gasteiger charge is 2.16. The first-order chi connectivity index (χ1) is 12.1. The molecule has 2 aromatic rings. The van der Waals surface area contributed by atoms with Crippen LogP contribution in [0.1, 0.15) is 6.92 Å². The van der Waals surface area contributed by atoms with Crippen molar-refractivity contribution >= 4 is 28.9 Å². The molecule has 1 saturated heterocycles. The molecule has 1 aliphatic rings. The van der Waals surface area contributed by atoms with Gasteiger partial charge in [0.2, 0.25) is 0 Å².